The zero-order valence-corrected chi connectivity index (χ0v) is 10.2. The number of nitrogens with zero attached hydrogens (tertiary/aromatic N) is 5. The second-order valence-electron chi connectivity index (χ2n) is 3.68. The van der Waals surface area contributed by atoms with Crippen LogP contribution in [0.4, 0.5) is 11.8 Å². The van der Waals surface area contributed by atoms with Gasteiger partial charge in [0.1, 0.15) is 5.82 Å². The molecule has 0 fully saturated rings. The van der Waals surface area contributed by atoms with Crippen LogP contribution >= 0.6 is 0 Å². The van der Waals surface area contributed by atoms with Crippen LogP contribution in [0.25, 0.3) is 0 Å². The van der Waals surface area contributed by atoms with E-state index in [2.05, 4.69) is 19.9 Å². The van der Waals surface area contributed by atoms with Gasteiger partial charge in [-0.3, -0.25) is 9.97 Å². The lowest BCUT2D eigenvalue weighted by molar-refractivity contribution is 0.397. The lowest BCUT2D eigenvalue weighted by atomic mass is 10.4. The van der Waals surface area contributed by atoms with Gasteiger partial charge in [0.25, 0.3) is 0 Å². The van der Waals surface area contributed by atoms with E-state index in [9.17, 15) is 0 Å². The number of hydrogen-bond donors (Lipinski definition) is 1. The second kappa shape index (κ2) is 5.26. The Labute approximate surface area is 105 Å². The molecule has 0 aliphatic carbocycles. The molecular weight excluding hydrogens is 232 g/mol. The third kappa shape index (κ3) is 2.82. The number of rotatable bonds is 4. The Balaban J connectivity index is 2.18. The maximum Gasteiger partial charge on any atom is 0.225 e. The number of nitrogens with two attached hydrogens (primary N) is 1. The van der Waals surface area contributed by atoms with Gasteiger partial charge < -0.3 is 15.4 Å². The molecule has 2 N–H and O–H groups in total. The fraction of sp³-hybridized carbons (Fsp3) is 0.273. The molecule has 0 bridgehead atoms. The zero-order chi connectivity index (χ0) is 13.0. The van der Waals surface area contributed by atoms with Crippen LogP contribution in [0.5, 0.6) is 5.88 Å². The minimum atomic E-state index is 0.176. The molecule has 0 aliphatic heterocycles. The fourth-order valence-corrected chi connectivity index (χ4v) is 1.47. The van der Waals surface area contributed by atoms with E-state index in [1.165, 1.54) is 7.11 Å². The molecule has 0 aliphatic rings. The monoisotopic (exact) mass is 246 g/mol. The summed E-state index contributed by atoms with van der Waals surface area (Å²) in [5.74, 6) is 1.28. The van der Waals surface area contributed by atoms with Crippen LogP contribution in [-0.2, 0) is 6.54 Å². The highest BCUT2D eigenvalue weighted by Gasteiger charge is 2.08. The van der Waals surface area contributed by atoms with Gasteiger partial charge in [-0.1, -0.05) is 0 Å². The van der Waals surface area contributed by atoms with Gasteiger partial charge >= 0.3 is 0 Å². The molecule has 2 aromatic rings. The Kier molecular flexibility index (Phi) is 3.52. The summed E-state index contributed by atoms with van der Waals surface area (Å²) < 4.78 is 5.05. The molecule has 0 amide bonds. The van der Waals surface area contributed by atoms with E-state index in [-0.39, 0.29) is 5.95 Å². The van der Waals surface area contributed by atoms with Crippen LogP contribution in [-0.4, -0.2) is 34.1 Å². The highest BCUT2D eigenvalue weighted by molar-refractivity contribution is 5.44. The molecule has 2 heterocycles. The van der Waals surface area contributed by atoms with Gasteiger partial charge in [-0.15, -0.1) is 0 Å². The molecule has 7 heteroatoms. The van der Waals surface area contributed by atoms with E-state index < -0.39 is 0 Å². The van der Waals surface area contributed by atoms with Crippen molar-refractivity contribution in [2.24, 2.45) is 0 Å². The average Bonchev–Trinajstić information content (AvgIpc) is 2.39. The van der Waals surface area contributed by atoms with Crippen molar-refractivity contribution < 1.29 is 4.74 Å². The van der Waals surface area contributed by atoms with Crippen LogP contribution in [0.3, 0.4) is 0 Å². The maximum absolute atomic E-state index is 5.61. The molecule has 94 valence electrons. The summed E-state index contributed by atoms with van der Waals surface area (Å²) in [5.41, 5.74) is 6.45. The van der Waals surface area contributed by atoms with Crippen molar-refractivity contribution in [3.05, 3.63) is 30.4 Å². The smallest absolute Gasteiger partial charge is 0.225 e. The van der Waals surface area contributed by atoms with Crippen LogP contribution in [0.15, 0.2) is 24.7 Å². The van der Waals surface area contributed by atoms with Gasteiger partial charge in [-0.2, -0.15) is 9.97 Å². The van der Waals surface area contributed by atoms with Crippen LogP contribution in [0, 0.1) is 0 Å². The lowest BCUT2D eigenvalue weighted by Crippen LogP contribution is -2.19. The third-order valence-corrected chi connectivity index (χ3v) is 2.32. The summed E-state index contributed by atoms with van der Waals surface area (Å²) in [6, 6.07) is 1.72. The van der Waals surface area contributed by atoms with Gasteiger partial charge in [0.2, 0.25) is 11.8 Å². The fourth-order valence-electron chi connectivity index (χ4n) is 1.47. The number of nitrogen functional groups attached to an aromatic ring is 1. The predicted molar refractivity (Wildman–Crippen MR) is 67.1 cm³/mol. The van der Waals surface area contributed by atoms with Crippen molar-refractivity contribution >= 4 is 11.8 Å². The molecular formula is C11H14N6O. The van der Waals surface area contributed by atoms with Crippen molar-refractivity contribution in [3.63, 3.8) is 0 Å². The molecule has 0 atom stereocenters. The summed E-state index contributed by atoms with van der Waals surface area (Å²) >= 11 is 0. The largest absolute Gasteiger partial charge is 0.481 e. The Morgan fingerprint density at radius 2 is 2.17 bits per heavy atom. The zero-order valence-electron chi connectivity index (χ0n) is 10.2. The van der Waals surface area contributed by atoms with Crippen LogP contribution in [0.2, 0.25) is 0 Å². The van der Waals surface area contributed by atoms with E-state index in [0.717, 1.165) is 5.69 Å². The molecule has 0 radical (unpaired) electrons. The van der Waals surface area contributed by atoms with Gasteiger partial charge in [0, 0.05) is 25.5 Å². The summed E-state index contributed by atoms with van der Waals surface area (Å²) in [7, 11) is 3.42. The first-order valence-corrected chi connectivity index (χ1v) is 5.33. The van der Waals surface area contributed by atoms with E-state index in [1.54, 1.807) is 24.7 Å². The Bertz CT molecular complexity index is 518. The van der Waals surface area contributed by atoms with Crippen molar-refractivity contribution in [3.8, 4) is 5.88 Å². The summed E-state index contributed by atoms with van der Waals surface area (Å²) in [6.45, 7) is 0.577. The minimum Gasteiger partial charge on any atom is -0.481 e. The number of anilines is 2. The molecule has 0 aromatic carbocycles. The molecule has 2 rings (SSSR count). The number of hydrogen-bond acceptors (Lipinski definition) is 7. The maximum atomic E-state index is 5.61. The number of aromatic nitrogens is 4. The lowest BCUT2D eigenvalue weighted by Gasteiger charge is -2.17. The first kappa shape index (κ1) is 12.0. The first-order chi connectivity index (χ1) is 8.69. The normalized spacial score (nSPS) is 10.1. The predicted octanol–water partition coefficient (Wildman–Crippen LogP) is 0.494. The summed E-state index contributed by atoms with van der Waals surface area (Å²) in [5, 5.41) is 0. The second-order valence-corrected chi connectivity index (χ2v) is 3.68. The van der Waals surface area contributed by atoms with Crippen molar-refractivity contribution in [2.75, 3.05) is 24.8 Å². The summed E-state index contributed by atoms with van der Waals surface area (Å²) in [6.07, 6.45) is 4.99. The third-order valence-electron chi connectivity index (χ3n) is 2.32. The molecule has 7 nitrogen and oxygen atoms in total. The molecule has 0 saturated carbocycles. The first-order valence-electron chi connectivity index (χ1n) is 5.33. The molecule has 0 spiro atoms. The molecule has 0 saturated heterocycles. The molecule has 18 heavy (non-hydrogen) atoms. The van der Waals surface area contributed by atoms with Crippen molar-refractivity contribution in [1.82, 2.24) is 19.9 Å². The van der Waals surface area contributed by atoms with E-state index in [0.29, 0.717) is 18.2 Å². The summed E-state index contributed by atoms with van der Waals surface area (Å²) in [4.78, 5) is 18.2. The van der Waals surface area contributed by atoms with Gasteiger partial charge in [-0.05, 0) is 0 Å². The minimum absolute atomic E-state index is 0.176. The van der Waals surface area contributed by atoms with E-state index >= 15 is 0 Å². The Morgan fingerprint density at radius 1 is 1.33 bits per heavy atom. The van der Waals surface area contributed by atoms with E-state index in [1.807, 2.05) is 11.9 Å². The quantitative estimate of drug-likeness (QED) is 0.839. The standard InChI is InChI=1S/C11H14N6O/c1-17(7-8-6-13-3-4-14-8)9-5-10(18-2)16-11(12)15-9/h3-6H,7H2,1-2H3,(H2,12,15,16). The van der Waals surface area contributed by atoms with Gasteiger partial charge in [-0.25, -0.2) is 0 Å². The Hall–Kier alpha value is -2.44. The molecule has 2 aromatic heterocycles. The Morgan fingerprint density at radius 3 is 2.83 bits per heavy atom. The topological polar surface area (TPSA) is 90.0 Å². The SMILES string of the molecule is COc1cc(N(C)Cc2cnccn2)nc(N)n1. The number of methoxy groups -OCH3 is 1. The van der Waals surface area contributed by atoms with Crippen LogP contribution in [0.1, 0.15) is 5.69 Å². The average molecular weight is 246 g/mol. The van der Waals surface area contributed by atoms with Crippen molar-refractivity contribution in [2.45, 2.75) is 6.54 Å². The van der Waals surface area contributed by atoms with Crippen molar-refractivity contribution in [1.29, 1.82) is 0 Å². The van der Waals surface area contributed by atoms with Gasteiger partial charge in [0.15, 0.2) is 0 Å². The number of ether oxygens (including phenoxy) is 1. The van der Waals surface area contributed by atoms with Gasteiger partial charge in [0.05, 0.1) is 25.5 Å². The van der Waals surface area contributed by atoms with Crippen LogP contribution < -0.4 is 15.4 Å². The highest BCUT2D eigenvalue weighted by atomic mass is 16.5. The van der Waals surface area contributed by atoms with E-state index in [4.69, 9.17) is 10.5 Å². The highest BCUT2D eigenvalue weighted by Crippen LogP contribution is 2.18. The molecule has 0 unspecified atom stereocenters.